The topological polar surface area (TPSA) is 70.7 Å². The van der Waals surface area contributed by atoms with Crippen LogP contribution in [0.1, 0.15) is 31.6 Å². The van der Waals surface area contributed by atoms with Crippen molar-refractivity contribution in [1.29, 1.82) is 0 Å². The van der Waals surface area contributed by atoms with Gasteiger partial charge in [0.1, 0.15) is 22.6 Å². The molecule has 2 aromatic rings. The van der Waals surface area contributed by atoms with Gasteiger partial charge in [0.25, 0.3) is 0 Å². The fourth-order valence-corrected chi connectivity index (χ4v) is 1.92. The van der Waals surface area contributed by atoms with E-state index < -0.39 is 5.63 Å². The molecule has 4 heteroatoms. The average Bonchev–Trinajstić information content (AvgIpc) is 2.41. The third kappa shape index (κ3) is 2.54. The van der Waals surface area contributed by atoms with E-state index in [2.05, 4.69) is 13.8 Å². The first-order valence-corrected chi connectivity index (χ1v) is 6.61. The molecule has 1 aromatic heterocycles. The largest absolute Gasteiger partial charge is 0.508 e. The van der Waals surface area contributed by atoms with Crippen LogP contribution in [-0.4, -0.2) is 10.2 Å². The van der Waals surface area contributed by atoms with Crippen molar-refractivity contribution in [3.05, 3.63) is 40.0 Å². The van der Waals surface area contributed by atoms with E-state index in [0.29, 0.717) is 17.1 Å². The minimum Gasteiger partial charge on any atom is -0.508 e. The Morgan fingerprint density at radius 2 is 2.05 bits per heavy atom. The van der Waals surface area contributed by atoms with E-state index in [1.165, 1.54) is 6.07 Å². The molecular formula is C16H18O4. The van der Waals surface area contributed by atoms with E-state index in [0.717, 1.165) is 6.42 Å². The van der Waals surface area contributed by atoms with Crippen LogP contribution >= 0.6 is 0 Å². The number of phenols is 2. The highest BCUT2D eigenvalue weighted by atomic mass is 16.4. The maximum absolute atomic E-state index is 12.0. The molecule has 0 radical (unpaired) electrons. The van der Waals surface area contributed by atoms with Crippen molar-refractivity contribution in [1.82, 2.24) is 0 Å². The van der Waals surface area contributed by atoms with Crippen LogP contribution in [0, 0.1) is 12.8 Å². The molecule has 0 saturated heterocycles. The maximum Gasteiger partial charge on any atom is 0.347 e. The van der Waals surface area contributed by atoms with Crippen LogP contribution in [0.3, 0.4) is 0 Å². The SMILES string of the molecule is CCC(C)C=Cc1cc2cc(O)c(C)c(O)c2c(=O)o1. The summed E-state index contributed by atoms with van der Waals surface area (Å²) in [6.45, 7) is 5.68. The monoisotopic (exact) mass is 274 g/mol. The lowest BCUT2D eigenvalue weighted by Crippen LogP contribution is -2.01. The first-order valence-electron chi connectivity index (χ1n) is 6.61. The summed E-state index contributed by atoms with van der Waals surface area (Å²) in [5.41, 5.74) is -0.334. The smallest absolute Gasteiger partial charge is 0.347 e. The molecule has 106 valence electrons. The summed E-state index contributed by atoms with van der Waals surface area (Å²) in [5, 5.41) is 20.2. The molecule has 0 fully saturated rings. The average molecular weight is 274 g/mol. The predicted octanol–water partition coefficient (Wildman–Crippen LogP) is 3.57. The quantitative estimate of drug-likeness (QED) is 0.897. The maximum atomic E-state index is 12.0. The Kier molecular flexibility index (Phi) is 3.84. The van der Waals surface area contributed by atoms with E-state index in [1.54, 1.807) is 19.1 Å². The van der Waals surface area contributed by atoms with Crippen molar-refractivity contribution < 1.29 is 14.6 Å². The predicted molar refractivity (Wildman–Crippen MR) is 79.0 cm³/mol. The Hall–Kier alpha value is -2.23. The number of hydrogen-bond donors (Lipinski definition) is 2. The second kappa shape index (κ2) is 5.41. The van der Waals surface area contributed by atoms with Gasteiger partial charge in [-0.05, 0) is 31.1 Å². The van der Waals surface area contributed by atoms with Gasteiger partial charge in [0.05, 0.1) is 0 Å². The zero-order chi connectivity index (χ0) is 14.9. The van der Waals surface area contributed by atoms with E-state index >= 15 is 0 Å². The first-order chi connectivity index (χ1) is 9.43. The normalized spacial score (nSPS) is 13.2. The number of allylic oxidation sites excluding steroid dienone is 1. The molecule has 0 saturated carbocycles. The summed E-state index contributed by atoms with van der Waals surface area (Å²) in [6.07, 6.45) is 4.69. The lowest BCUT2D eigenvalue weighted by molar-refractivity contribution is 0.444. The Morgan fingerprint density at radius 1 is 1.35 bits per heavy atom. The molecule has 0 spiro atoms. The van der Waals surface area contributed by atoms with Gasteiger partial charge < -0.3 is 14.6 Å². The zero-order valence-corrected chi connectivity index (χ0v) is 11.8. The van der Waals surface area contributed by atoms with Crippen LogP contribution in [0.15, 0.2) is 27.4 Å². The van der Waals surface area contributed by atoms with Crippen LogP contribution in [0.4, 0.5) is 0 Å². The number of aromatic hydroxyl groups is 2. The molecular weight excluding hydrogens is 256 g/mol. The highest BCUT2D eigenvalue weighted by Gasteiger charge is 2.13. The Labute approximate surface area is 117 Å². The number of benzene rings is 1. The summed E-state index contributed by atoms with van der Waals surface area (Å²) >= 11 is 0. The molecule has 4 nitrogen and oxygen atoms in total. The van der Waals surface area contributed by atoms with Gasteiger partial charge in [0, 0.05) is 10.9 Å². The number of phenolic OH excluding ortho intramolecular Hbond substituents is 2. The number of rotatable bonds is 3. The summed E-state index contributed by atoms with van der Waals surface area (Å²) in [6, 6.07) is 3.09. The van der Waals surface area contributed by atoms with E-state index in [4.69, 9.17) is 4.42 Å². The second-order valence-electron chi connectivity index (χ2n) is 5.01. The van der Waals surface area contributed by atoms with Crippen molar-refractivity contribution in [2.45, 2.75) is 27.2 Å². The van der Waals surface area contributed by atoms with Crippen LogP contribution in [-0.2, 0) is 0 Å². The summed E-state index contributed by atoms with van der Waals surface area (Å²) in [7, 11) is 0. The second-order valence-corrected chi connectivity index (χ2v) is 5.01. The van der Waals surface area contributed by atoms with Gasteiger partial charge in [-0.2, -0.15) is 0 Å². The minimum atomic E-state index is -0.605. The first kappa shape index (κ1) is 14.2. The van der Waals surface area contributed by atoms with Gasteiger partial charge in [-0.3, -0.25) is 0 Å². The molecule has 1 atom stereocenters. The van der Waals surface area contributed by atoms with Gasteiger partial charge in [0.2, 0.25) is 0 Å². The molecule has 1 unspecified atom stereocenters. The van der Waals surface area contributed by atoms with E-state index in [-0.39, 0.29) is 22.4 Å². The van der Waals surface area contributed by atoms with Gasteiger partial charge in [-0.15, -0.1) is 0 Å². The van der Waals surface area contributed by atoms with Crippen LogP contribution in [0.2, 0.25) is 0 Å². The molecule has 2 N–H and O–H groups in total. The molecule has 2 rings (SSSR count). The van der Waals surface area contributed by atoms with Gasteiger partial charge in [0.15, 0.2) is 0 Å². The lowest BCUT2D eigenvalue weighted by Gasteiger charge is -2.06. The molecule has 0 amide bonds. The van der Waals surface area contributed by atoms with Crippen LogP contribution in [0.5, 0.6) is 11.5 Å². The van der Waals surface area contributed by atoms with Crippen molar-refractivity contribution in [2.75, 3.05) is 0 Å². The van der Waals surface area contributed by atoms with E-state index in [9.17, 15) is 15.0 Å². The molecule has 0 aliphatic carbocycles. The van der Waals surface area contributed by atoms with Gasteiger partial charge in [-0.25, -0.2) is 4.79 Å². The van der Waals surface area contributed by atoms with Crippen LogP contribution < -0.4 is 5.63 Å². The van der Waals surface area contributed by atoms with Gasteiger partial charge in [-0.1, -0.05) is 26.3 Å². The van der Waals surface area contributed by atoms with Crippen molar-refractivity contribution in [2.24, 2.45) is 5.92 Å². The Balaban J connectivity index is 2.61. The summed E-state index contributed by atoms with van der Waals surface area (Å²) in [4.78, 5) is 12.0. The third-order valence-corrected chi connectivity index (χ3v) is 3.50. The molecule has 0 aliphatic heterocycles. The van der Waals surface area contributed by atoms with Gasteiger partial charge >= 0.3 is 5.63 Å². The third-order valence-electron chi connectivity index (χ3n) is 3.50. The number of fused-ring (bicyclic) bond motifs is 1. The molecule has 0 aliphatic rings. The van der Waals surface area contributed by atoms with E-state index in [1.807, 2.05) is 6.08 Å². The Bertz CT molecular complexity index is 725. The number of hydrogen-bond acceptors (Lipinski definition) is 4. The molecule has 0 bridgehead atoms. The molecule has 1 heterocycles. The Morgan fingerprint density at radius 3 is 2.70 bits per heavy atom. The van der Waals surface area contributed by atoms with Crippen molar-refractivity contribution in [3.63, 3.8) is 0 Å². The summed E-state index contributed by atoms with van der Waals surface area (Å²) < 4.78 is 5.18. The molecule has 20 heavy (non-hydrogen) atoms. The van der Waals surface area contributed by atoms with Crippen molar-refractivity contribution in [3.8, 4) is 11.5 Å². The summed E-state index contributed by atoms with van der Waals surface area (Å²) in [5.74, 6) is 0.518. The fourth-order valence-electron chi connectivity index (χ4n) is 1.92. The standard InChI is InChI=1S/C16H18O4/c1-4-9(2)5-6-12-7-11-8-13(17)10(3)15(18)14(11)16(19)20-12/h5-9,17-18H,4H2,1-3H3. The highest BCUT2D eigenvalue weighted by molar-refractivity contribution is 5.90. The lowest BCUT2D eigenvalue weighted by atomic mass is 10.1. The molecule has 1 aromatic carbocycles. The fraction of sp³-hybridized carbons (Fsp3) is 0.312. The zero-order valence-electron chi connectivity index (χ0n) is 11.8. The minimum absolute atomic E-state index is 0.0440. The van der Waals surface area contributed by atoms with Crippen molar-refractivity contribution >= 4 is 16.8 Å². The highest BCUT2D eigenvalue weighted by Crippen LogP contribution is 2.33. The van der Waals surface area contributed by atoms with Crippen LogP contribution in [0.25, 0.3) is 16.8 Å².